The van der Waals surface area contributed by atoms with Crippen LogP contribution in [0.15, 0.2) is 68.2 Å². The number of hydrogen-bond acceptors (Lipinski definition) is 9. The Kier molecular flexibility index (Phi) is 5.46. The van der Waals surface area contributed by atoms with Gasteiger partial charge < -0.3 is 9.32 Å². The number of thiazole rings is 1. The number of nitro benzene ring substituents is 1. The number of hydrazone groups is 1. The molecule has 2 aromatic heterocycles. The van der Waals surface area contributed by atoms with Crippen LogP contribution in [0, 0.1) is 10.1 Å². The van der Waals surface area contributed by atoms with Crippen LogP contribution in [0.5, 0.6) is 0 Å². The molecule has 1 N–H and O–H groups in total. The average molecular weight is 435 g/mol. The predicted molar refractivity (Wildman–Crippen MR) is 122 cm³/mol. The summed E-state index contributed by atoms with van der Waals surface area (Å²) >= 11 is 1.28. The van der Waals surface area contributed by atoms with E-state index in [1.54, 1.807) is 54.7 Å². The Balaban J connectivity index is 1.53. The first-order valence-corrected chi connectivity index (χ1v) is 10.0. The zero-order chi connectivity index (χ0) is 22.0. The Morgan fingerprint density at radius 3 is 2.81 bits per heavy atom. The highest BCUT2D eigenvalue weighted by Crippen LogP contribution is 2.28. The lowest BCUT2D eigenvalue weighted by atomic mass is 10.1. The molecule has 0 saturated carbocycles. The van der Waals surface area contributed by atoms with Gasteiger partial charge in [0, 0.05) is 36.5 Å². The highest BCUT2D eigenvalue weighted by atomic mass is 32.1. The van der Waals surface area contributed by atoms with Crippen LogP contribution in [0.3, 0.4) is 0 Å². The minimum absolute atomic E-state index is 0.00601. The van der Waals surface area contributed by atoms with Crippen LogP contribution in [0.2, 0.25) is 0 Å². The van der Waals surface area contributed by atoms with E-state index in [1.165, 1.54) is 23.6 Å². The molecule has 4 aromatic rings. The number of nitro groups is 1. The average Bonchev–Trinajstić information content (AvgIpc) is 3.21. The quantitative estimate of drug-likeness (QED) is 0.207. The third kappa shape index (κ3) is 4.28. The maximum atomic E-state index is 12.3. The van der Waals surface area contributed by atoms with E-state index in [0.717, 1.165) is 5.39 Å². The highest BCUT2D eigenvalue weighted by Gasteiger charge is 2.15. The van der Waals surface area contributed by atoms with Gasteiger partial charge in [-0.2, -0.15) is 5.10 Å². The number of rotatable bonds is 6. The summed E-state index contributed by atoms with van der Waals surface area (Å²) in [5.74, 6) is 0. The number of fused-ring (bicyclic) bond motifs is 1. The lowest BCUT2D eigenvalue weighted by Gasteiger charge is -2.12. The van der Waals surface area contributed by atoms with Crippen LogP contribution in [0.1, 0.15) is 5.56 Å². The fourth-order valence-corrected chi connectivity index (χ4v) is 3.66. The van der Waals surface area contributed by atoms with Gasteiger partial charge in [0.05, 0.1) is 22.4 Å². The lowest BCUT2D eigenvalue weighted by Crippen LogP contribution is -2.11. The number of hydrogen-bond donors (Lipinski definition) is 1. The number of aromatic nitrogens is 1. The number of benzene rings is 2. The van der Waals surface area contributed by atoms with Crippen LogP contribution < -0.4 is 16.0 Å². The van der Waals surface area contributed by atoms with Crippen molar-refractivity contribution < 1.29 is 9.34 Å². The number of nitrogens with one attached hydrogen (secondary N) is 1. The van der Waals surface area contributed by atoms with Gasteiger partial charge in [0.1, 0.15) is 11.3 Å². The molecule has 10 heteroatoms. The van der Waals surface area contributed by atoms with Crippen molar-refractivity contribution in [3.05, 3.63) is 80.0 Å². The molecule has 0 aliphatic heterocycles. The Morgan fingerprint density at radius 2 is 2.03 bits per heavy atom. The highest BCUT2D eigenvalue weighted by molar-refractivity contribution is 7.14. The third-order valence-electron chi connectivity index (χ3n) is 4.47. The van der Waals surface area contributed by atoms with Crippen molar-refractivity contribution in [2.45, 2.75) is 0 Å². The summed E-state index contributed by atoms with van der Waals surface area (Å²) in [6.45, 7) is 0. The molecule has 0 aliphatic rings. The zero-order valence-electron chi connectivity index (χ0n) is 16.6. The summed E-state index contributed by atoms with van der Waals surface area (Å²) < 4.78 is 5.35. The number of nitrogens with zero attached hydrogens (tertiary/aromatic N) is 4. The molecule has 9 nitrogen and oxygen atoms in total. The molecule has 156 valence electrons. The second-order valence-corrected chi connectivity index (χ2v) is 7.65. The summed E-state index contributed by atoms with van der Waals surface area (Å²) in [5, 5.41) is 18.4. The van der Waals surface area contributed by atoms with Crippen molar-refractivity contribution >= 4 is 45.0 Å². The molecule has 0 spiro atoms. The minimum Gasteiger partial charge on any atom is -0.422 e. The van der Waals surface area contributed by atoms with Gasteiger partial charge in [0.25, 0.3) is 5.69 Å². The maximum Gasteiger partial charge on any atom is 0.345 e. The Hall–Kier alpha value is -4.05. The van der Waals surface area contributed by atoms with Gasteiger partial charge in [-0.1, -0.05) is 24.3 Å². The van der Waals surface area contributed by atoms with Gasteiger partial charge in [-0.3, -0.25) is 15.5 Å². The molecular formula is C21H17N5O4S. The summed E-state index contributed by atoms with van der Waals surface area (Å²) in [6.07, 6.45) is 1.47. The van der Waals surface area contributed by atoms with Crippen LogP contribution in [-0.4, -0.2) is 30.2 Å². The summed E-state index contributed by atoms with van der Waals surface area (Å²) in [7, 11) is 3.49. The van der Waals surface area contributed by atoms with E-state index >= 15 is 0 Å². The van der Waals surface area contributed by atoms with Crippen LogP contribution in [-0.2, 0) is 0 Å². The van der Waals surface area contributed by atoms with Crippen molar-refractivity contribution in [1.82, 2.24) is 4.98 Å². The van der Waals surface area contributed by atoms with E-state index in [-0.39, 0.29) is 5.69 Å². The molecule has 4 rings (SSSR count). The second kappa shape index (κ2) is 8.36. The first-order chi connectivity index (χ1) is 14.9. The van der Waals surface area contributed by atoms with Crippen molar-refractivity contribution in [3.63, 3.8) is 0 Å². The van der Waals surface area contributed by atoms with Crippen molar-refractivity contribution in [2.24, 2.45) is 5.10 Å². The Labute approximate surface area is 180 Å². The fraction of sp³-hybridized carbons (Fsp3) is 0.0952. The molecule has 0 atom stereocenters. The van der Waals surface area contributed by atoms with Gasteiger partial charge in [-0.05, 0) is 18.2 Å². The predicted octanol–water partition coefficient (Wildman–Crippen LogP) is 4.34. The van der Waals surface area contributed by atoms with E-state index in [1.807, 2.05) is 12.1 Å². The Bertz CT molecular complexity index is 1360. The molecular weight excluding hydrogens is 418 g/mol. The van der Waals surface area contributed by atoms with Crippen molar-refractivity contribution in [3.8, 4) is 11.3 Å². The van der Waals surface area contributed by atoms with E-state index in [2.05, 4.69) is 15.5 Å². The van der Waals surface area contributed by atoms with E-state index < -0.39 is 10.5 Å². The van der Waals surface area contributed by atoms with Gasteiger partial charge in [0.2, 0.25) is 5.13 Å². The minimum atomic E-state index is -0.465. The molecule has 0 bridgehead atoms. The van der Waals surface area contributed by atoms with Crippen molar-refractivity contribution in [1.29, 1.82) is 0 Å². The molecule has 0 fully saturated rings. The molecule has 0 radical (unpaired) electrons. The van der Waals surface area contributed by atoms with E-state index in [9.17, 15) is 14.9 Å². The van der Waals surface area contributed by atoms with Crippen molar-refractivity contribution in [2.75, 3.05) is 24.4 Å². The lowest BCUT2D eigenvalue weighted by molar-refractivity contribution is -0.384. The SMILES string of the molecule is CN(C)c1ccc(/C=N\Nc2nc(-c3cc4ccccc4oc3=O)cs2)cc1[N+](=O)[O-]. The molecule has 2 heterocycles. The summed E-state index contributed by atoms with van der Waals surface area (Å²) in [6, 6.07) is 13.9. The van der Waals surface area contributed by atoms with Crippen LogP contribution in [0.25, 0.3) is 22.2 Å². The molecule has 2 aromatic carbocycles. The topological polar surface area (TPSA) is 114 Å². The van der Waals surface area contributed by atoms with Gasteiger partial charge >= 0.3 is 5.63 Å². The molecule has 31 heavy (non-hydrogen) atoms. The number of para-hydroxylation sites is 1. The van der Waals surface area contributed by atoms with Gasteiger partial charge in [-0.25, -0.2) is 9.78 Å². The molecule has 0 aliphatic carbocycles. The molecule has 0 unspecified atom stereocenters. The monoisotopic (exact) mass is 435 g/mol. The summed E-state index contributed by atoms with van der Waals surface area (Å²) in [4.78, 5) is 29.2. The zero-order valence-corrected chi connectivity index (χ0v) is 17.4. The van der Waals surface area contributed by atoms with E-state index in [0.29, 0.717) is 33.2 Å². The smallest absolute Gasteiger partial charge is 0.345 e. The standard InChI is InChI=1S/C21H17N5O4S/c1-25(2)17-8-7-13(9-18(17)26(28)29)11-22-24-21-23-16(12-31-21)15-10-14-5-3-4-6-19(14)30-20(15)27/h3-12H,1-2H3,(H,23,24)/b22-11-. The first-order valence-electron chi connectivity index (χ1n) is 9.16. The number of anilines is 2. The molecule has 0 saturated heterocycles. The third-order valence-corrected chi connectivity index (χ3v) is 5.22. The summed E-state index contributed by atoms with van der Waals surface area (Å²) in [5.41, 5.74) is 4.75. The maximum absolute atomic E-state index is 12.3. The van der Waals surface area contributed by atoms with Crippen LogP contribution >= 0.6 is 11.3 Å². The first kappa shape index (κ1) is 20.2. The molecule has 0 amide bonds. The van der Waals surface area contributed by atoms with E-state index in [4.69, 9.17) is 4.42 Å². The van der Waals surface area contributed by atoms with Gasteiger partial charge in [-0.15, -0.1) is 11.3 Å². The van der Waals surface area contributed by atoms with Gasteiger partial charge in [0.15, 0.2) is 0 Å². The largest absolute Gasteiger partial charge is 0.422 e. The second-order valence-electron chi connectivity index (χ2n) is 6.79. The Morgan fingerprint density at radius 1 is 1.23 bits per heavy atom. The normalized spacial score (nSPS) is 11.2. The van der Waals surface area contributed by atoms with Crippen LogP contribution in [0.4, 0.5) is 16.5 Å². The fourth-order valence-electron chi connectivity index (χ4n) is 3.00.